The van der Waals surface area contributed by atoms with E-state index in [2.05, 4.69) is 25.5 Å². The van der Waals surface area contributed by atoms with Crippen LogP contribution in [0.4, 0.5) is 26.4 Å². The predicted octanol–water partition coefficient (Wildman–Crippen LogP) is 1.66. The zero-order valence-corrected chi connectivity index (χ0v) is 16.5. The molecule has 0 fully saturated rings. The second-order valence-corrected chi connectivity index (χ2v) is 7.13. The molecule has 2 aromatic heterocycles. The van der Waals surface area contributed by atoms with E-state index in [1.807, 2.05) is 28.2 Å². The minimum atomic E-state index is -0.842. The molecule has 0 unspecified atom stereocenters. The lowest BCUT2D eigenvalue weighted by Gasteiger charge is -2.17. The Morgan fingerprint density at radius 2 is 1.89 bits per heavy atom. The number of carbonyl (C=O) groups is 1. The molecule has 0 spiro atoms. The molecular weight excluding hydrogens is 390 g/mol. The minimum absolute atomic E-state index is 0.0556. The molecule has 1 amide bonds. The SMILES string of the molecule is CN(C)c1nc(N(C)C)n2c(SCC(=O)Nc3ccc(F)cc3F)nnc2n1. The Kier molecular flexibility index (Phi) is 5.58. The largest absolute Gasteiger partial charge is 0.348 e. The van der Waals surface area contributed by atoms with E-state index in [1.165, 1.54) is 6.07 Å². The van der Waals surface area contributed by atoms with Crippen molar-refractivity contribution in [2.45, 2.75) is 5.16 Å². The van der Waals surface area contributed by atoms with E-state index in [0.717, 1.165) is 17.8 Å². The van der Waals surface area contributed by atoms with E-state index >= 15 is 0 Å². The van der Waals surface area contributed by atoms with Crippen molar-refractivity contribution in [3.63, 3.8) is 0 Å². The van der Waals surface area contributed by atoms with E-state index in [-0.39, 0.29) is 11.4 Å². The Morgan fingerprint density at radius 1 is 1.14 bits per heavy atom. The molecule has 0 aliphatic rings. The van der Waals surface area contributed by atoms with Gasteiger partial charge in [-0.05, 0) is 12.1 Å². The minimum Gasteiger partial charge on any atom is -0.348 e. The number of hydrogen-bond donors (Lipinski definition) is 1. The van der Waals surface area contributed by atoms with Crippen LogP contribution in [-0.4, -0.2) is 64.4 Å². The summed E-state index contributed by atoms with van der Waals surface area (Å²) in [6.07, 6.45) is 0. The van der Waals surface area contributed by atoms with Gasteiger partial charge >= 0.3 is 0 Å². The first kappa shape index (κ1) is 19.7. The third kappa shape index (κ3) is 4.11. The number of nitrogens with one attached hydrogen (secondary N) is 1. The summed E-state index contributed by atoms with van der Waals surface area (Å²) in [6.45, 7) is 0. The number of carbonyl (C=O) groups excluding carboxylic acids is 1. The third-order valence-electron chi connectivity index (χ3n) is 3.55. The van der Waals surface area contributed by atoms with Gasteiger partial charge < -0.3 is 15.1 Å². The molecule has 0 saturated carbocycles. The molecule has 0 aliphatic heterocycles. The van der Waals surface area contributed by atoms with Crippen molar-refractivity contribution in [1.82, 2.24) is 24.6 Å². The summed E-state index contributed by atoms with van der Waals surface area (Å²) in [5.41, 5.74) is -0.0916. The summed E-state index contributed by atoms with van der Waals surface area (Å²) in [6, 6.07) is 2.94. The predicted molar refractivity (Wildman–Crippen MR) is 103 cm³/mol. The number of nitrogens with zero attached hydrogens (tertiary/aromatic N) is 7. The second-order valence-electron chi connectivity index (χ2n) is 6.19. The number of anilines is 3. The average molecular weight is 408 g/mol. The number of halogens is 2. The zero-order valence-electron chi connectivity index (χ0n) is 15.6. The maximum absolute atomic E-state index is 13.7. The van der Waals surface area contributed by atoms with Gasteiger partial charge in [0.25, 0.3) is 5.78 Å². The molecule has 0 atom stereocenters. The molecular formula is C16H18F2N8OS. The molecule has 1 aromatic carbocycles. The Bertz CT molecular complexity index is 1020. The van der Waals surface area contributed by atoms with Crippen LogP contribution in [0.1, 0.15) is 0 Å². The van der Waals surface area contributed by atoms with Gasteiger partial charge in [0, 0.05) is 34.3 Å². The van der Waals surface area contributed by atoms with Crippen LogP contribution in [-0.2, 0) is 4.79 Å². The van der Waals surface area contributed by atoms with Gasteiger partial charge in [-0.2, -0.15) is 9.97 Å². The van der Waals surface area contributed by atoms with Crippen molar-refractivity contribution < 1.29 is 13.6 Å². The number of benzene rings is 1. The number of hydrogen-bond acceptors (Lipinski definition) is 8. The van der Waals surface area contributed by atoms with Gasteiger partial charge in [0.15, 0.2) is 5.16 Å². The van der Waals surface area contributed by atoms with Crippen molar-refractivity contribution >= 4 is 41.0 Å². The van der Waals surface area contributed by atoms with Crippen molar-refractivity contribution in [3.05, 3.63) is 29.8 Å². The highest BCUT2D eigenvalue weighted by molar-refractivity contribution is 7.99. The van der Waals surface area contributed by atoms with Crippen LogP contribution in [0.25, 0.3) is 5.78 Å². The van der Waals surface area contributed by atoms with Crippen LogP contribution < -0.4 is 15.1 Å². The first-order chi connectivity index (χ1) is 13.3. The Labute approximate surface area is 163 Å². The van der Waals surface area contributed by atoms with Gasteiger partial charge in [0.2, 0.25) is 17.8 Å². The summed E-state index contributed by atoms with van der Waals surface area (Å²) in [7, 11) is 7.27. The van der Waals surface area contributed by atoms with Crippen molar-refractivity contribution in [3.8, 4) is 0 Å². The first-order valence-corrected chi connectivity index (χ1v) is 9.10. The normalized spacial score (nSPS) is 10.9. The van der Waals surface area contributed by atoms with Gasteiger partial charge in [-0.15, -0.1) is 10.2 Å². The summed E-state index contributed by atoms with van der Waals surface area (Å²) >= 11 is 1.10. The number of amides is 1. The number of aromatic nitrogens is 5. The monoisotopic (exact) mass is 408 g/mol. The molecule has 0 aliphatic carbocycles. The fourth-order valence-corrected chi connectivity index (χ4v) is 2.99. The van der Waals surface area contributed by atoms with Gasteiger partial charge in [-0.3, -0.25) is 4.79 Å². The lowest BCUT2D eigenvalue weighted by molar-refractivity contribution is -0.113. The maximum Gasteiger partial charge on any atom is 0.261 e. The smallest absolute Gasteiger partial charge is 0.261 e. The van der Waals surface area contributed by atoms with Crippen LogP contribution >= 0.6 is 11.8 Å². The lowest BCUT2D eigenvalue weighted by Crippen LogP contribution is -2.21. The summed E-state index contributed by atoms with van der Waals surface area (Å²) < 4.78 is 28.2. The zero-order chi connectivity index (χ0) is 20.4. The molecule has 1 N–H and O–H groups in total. The second kappa shape index (κ2) is 7.92. The molecule has 28 heavy (non-hydrogen) atoms. The summed E-state index contributed by atoms with van der Waals surface area (Å²) in [5, 5.41) is 10.9. The maximum atomic E-state index is 13.7. The molecule has 12 heteroatoms. The molecule has 2 heterocycles. The molecule has 3 aromatic rings. The van der Waals surface area contributed by atoms with E-state index in [0.29, 0.717) is 28.9 Å². The Morgan fingerprint density at radius 3 is 2.54 bits per heavy atom. The highest BCUT2D eigenvalue weighted by Crippen LogP contribution is 2.23. The molecule has 9 nitrogen and oxygen atoms in total. The Hall–Kier alpha value is -3.02. The van der Waals surface area contributed by atoms with E-state index < -0.39 is 17.5 Å². The van der Waals surface area contributed by atoms with Crippen LogP contribution in [0.3, 0.4) is 0 Å². The summed E-state index contributed by atoms with van der Waals surface area (Å²) in [4.78, 5) is 24.5. The highest BCUT2D eigenvalue weighted by Gasteiger charge is 2.18. The molecule has 0 bridgehead atoms. The van der Waals surface area contributed by atoms with Gasteiger partial charge in [-0.1, -0.05) is 11.8 Å². The van der Waals surface area contributed by atoms with Crippen LogP contribution in [0, 0.1) is 11.6 Å². The molecule has 0 radical (unpaired) electrons. The fraction of sp³-hybridized carbons (Fsp3) is 0.312. The number of fused-ring (bicyclic) bond motifs is 1. The quantitative estimate of drug-likeness (QED) is 0.616. The van der Waals surface area contributed by atoms with E-state index in [9.17, 15) is 13.6 Å². The van der Waals surface area contributed by atoms with Crippen LogP contribution in [0.2, 0.25) is 0 Å². The van der Waals surface area contributed by atoms with Gasteiger partial charge in [0.05, 0.1) is 11.4 Å². The van der Waals surface area contributed by atoms with E-state index in [4.69, 9.17) is 0 Å². The standard InChI is InChI=1S/C16H18F2N8OS/c1-24(2)13-20-14-22-23-16(26(14)15(21-13)25(3)4)28-8-12(27)19-11-6-5-9(17)7-10(11)18/h5-7H,8H2,1-4H3,(H,19,27). The lowest BCUT2D eigenvalue weighted by atomic mass is 10.3. The molecule has 148 valence electrons. The number of rotatable bonds is 6. The van der Waals surface area contributed by atoms with Crippen molar-refractivity contribution in [2.24, 2.45) is 0 Å². The highest BCUT2D eigenvalue weighted by atomic mass is 32.2. The van der Waals surface area contributed by atoms with Gasteiger partial charge in [0.1, 0.15) is 11.6 Å². The molecule has 3 rings (SSSR count). The van der Waals surface area contributed by atoms with Gasteiger partial charge in [-0.25, -0.2) is 13.2 Å². The summed E-state index contributed by atoms with van der Waals surface area (Å²) in [5.74, 6) is -0.714. The Balaban J connectivity index is 1.79. The average Bonchev–Trinajstić information content (AvgIpc) is 3.04. The van der Waals surface area contributed by atoms with Crippen LogP contribution in [0.15, 0.2) is 23.4 Å². The van der Waals surface area contributed by atoms with Crippen molar-refractivity contribution in [2.75, 3.05) is 49.1 Å². The molecule has 0 saturated heterocycles. The van der Waals surface area contributed by atoms with Crippen molar-refractivity contribution in [1.29, 1.82) is 0 Å². The topological polar surface area (TPSA) is 91.6 Å². The van der Waals surface area contributed by atoms with E-state index in [1.54, 1.807) is 14.2 Å². The van der Waals surface area contributed by atoms with Crippen LogP contribution in [0.5, 0.6) is 0 Å². The fourth-order valence-electron chi connectivity index (χ4n) is 2.26. The first-order valence-electron chi connectivity index (χ1n) is 8.12. The third-order valence-corrected chi connectivity index (χ3v) is 4.48. The number of thioether (sulfide) groups is 1.